The standard InChI is InChI=1S/C9H20N2O3/c1-7(6-13-10)11(5)8(12)14-9(2,3)4/h7H,6,10H2,1-5H3. The second kappa shape index (κ2) is 5.17. The van der Waals surface area contributed by atoms with Crippen LogP contribution < -0.4 is 5.90 Å². The Morgan fingerprint density at radius 3 is 2.36 bits per heavy atom. The quantitative estimate of drug-likeness (QED) is 0.700. The van der Waals surface area contributed by atoms with E-state index in [4.69, 9.17) is 10.6 Å². The lowest BCUT2D eigenvalue weighted by Gasteiger charge is -2.28. The van der Waals surface area contributed by atoms with Crippen LogP contribution in [0.3, 0.4) is 0 Å². The predicted octanol–water partition coefficient (Wildman–Crippen LogP) is 1.13. The van der Waals surface area contributed by atoms with Crippen molar-refractivity contribution in [3.05, 3.63) is 0 Å². The van der Waals surface area contributed by atoms with E-state index < -0.39 is 5.60 Å². The van der Waals surface area contributed by atoms with Gasteiger partial charge in [0.25, 0.3) is 0 Å². The molecule has 5 heteroatoms. The summed E-state index contributed by atoms with van der Waals surface area (Å²) in [5.74, 6) is 4.92. The zero-order chi connectivity index (χ0) is 11.4. The van der Waals surface area contributed by atoms with Gasteiger partial charge in [0.1, 0.15) is 5.60 Å². The molecule has 0 aliphatic carbocycles. The van der Waals surface area contributed by atoms with Crippen LogP contribution in [0.2, 0.25) is 0 Å². The molecule has 0 rings (SSSR count). The van der Waals surface area contributed by atoms with Gasteiger partial charge in [0.2, 0.25) is 0 Å². The Morgan fingerprint density at radius 2 is 2.00 bits per heavy atom. The molecular formula is C9H20N2O3. The minimum Gasteiger partial charge on any atom is -0.444 e. The fraction of sp³-hybridized carbons (Fsp3) is 0.889. The van der Waals surface area contributed by atoms with Gasteiger partial charge in [0.15, 0.2) is 0 Å². The number of carbonyl (C=O) groups excluding carboxylic acids is 1. The molecule has 0 saturated carbocycles. The number of hydrogen-bond donors (Lipinski definition) is 1. The van der Waals surface area contributed by atoms with E-state index in [-0.39, 0.29) is 18.7 Å². The fourth-order valence-corrected chi connectivity index (χ4v) is 0.765. The average Bonchev–Trinajstić information content (AvgIpc) is 2.00. The summed E-state index contributed by atoms with van der Waals surface area (Å²) < 4.78 is 5.16. The maximum Gasteiger partial charge on any atom is 0.410 e. The smallest absolute Gasteiger partial charge is 0.410 e. The van der Waals surface area contributed by atoms with Crippen LogP contribution in [-0.2, 0) is 9.57 Å². The SMILES string of the molecule is CC(CON)N(C)C(=O)OC(C)(C)C. The molecule has 2 N–H and O–H groups in total. The lowest BCUT2D eigenvalue weighted by atomic mass is 10.2. The highest BCUT2D eigenvalue weighted by molar-refractivity contribution is 5.68. The Labute approximate surface area is 85.1 Å². The Bertz CT molecular complexity index is 189. The van der Waals surface area contributed by atoms with Gasteiger partial charge in [-0.25, -0.2) is 10.7 Å². The molecule has 0 aromatic heterocycles. The van der Waals surface area contributed by atoms with Crippen molar-refractivity contribution < 1.29 is 14.4 Å². The largest absolute Gasteiger partial charge is 0.444 e. The number of rotatable bonds is 3. The predicted molar refractivity (Wildman–Crippen MR) is 53.6 cm³/mol. The molecule has 1 atom stereocenters. The van der Waals surface area contributed by atoms with Crippen LogP contribution in [0, 0.1) is 0 Å². The van der Waals surface area contributed by atoms with Crippen LogP contribution in [0.1, 0.15) is 27.7 Å². The van der Waals surface area contributed by atoms with Gasteiger partial charge in [-0.1, -0.05) is 0 Å². The highest BCUT2D eigenvalue weighted by Crippen LogP contribution is 2.10. The van der Waals surface area contributed by atoms with Gasteiger partial charge in [-0.2, -0.15) is 0 Å². The molecule has 0 saturated heterocycles. The van der Waals surface area contributed by atoms with Crippen LogP contribution in [0.4, 0.5) is 4.79 Å². The fourth-order valence-electron chi connectivity index (χ4n) is 0.765. The van der Waals surface area contributed by atoms with Gasteiger partial charge >= 0.3 is 6.09 Å². The van der Waals surface area contributed by atoms with Gasteiger partial charge in [-0.3, -0.25) is 0 Å². The summed E-state index contributed by atoms with van der Waals surface area (Å²) in [6, 6.07) is -0.102. The van der Waals surface area contributed by atoms with Crippen molar-refractivity contribution in [3.63, 3.8) is 0 Å². The van der Waals surface area contributed by atoms with Gasteiger partial charge in [-0.05, 0) is 27.7 Å². The molecule has 0 bridgehead atoms. The summed E-state index contributed by atoms with van der Waals surface area (Å²) in [4.78, 5) is 17.4. The lowest BCUT2D eigenvalue weighted by Crippen LogP contribution is -2.41. The monoisotopic (exact) mass is 204 g/mol. The van der Waals surface area contributed by atoms with E-state index in [0.29, 0.717) is 0 Å². The highest BCUT2D eigenvalue weighted by atomic mass is 16.6. The zero-order valence-electron chi connectivity index (χ0n) is 9.53. The normalized spacial score (nSPS) is 13.6. The molecule has 0 aliphatic heterocycles. The third kappa shape index (κ3) is 5.04. The summed E-state index contributed by atoms with van der Waals surface area (Å²) in [5.41, 5.74) is -0.478. The second-order valence-corrected chi connectivity index (χ2v) is 4.27. The number of likely N-dealkylation sites (N-methyl/N-ethyl adjacent to an activating group) is 1. The van der Waals surface area contributed by atoms with E-state index in [0.717, 1.165) is 0 Å². The Hall–Kier alpha value is -0.810. The number of carbonyl (C=O) groups is 1. The van der Waals surface area contributed by atoms with Crippen LogP contribution >= 0.6 is 0 Å². The van der Waals surface area contributed by atoms with Crippen LogP contribution in [-0.4, -0.2) is 36.3 Å². The number of nitrogens with two attached hydrogens (primary N) is 1. The van der Waals surface area contributed by atoms with Crippen molar-refractivity contribution in [1.82, 2.24) is 4.90 Å². The number of amides is 1. The van der Waals surface area contributed by atoms with E-state index in [1.165, 1.54) is 4.90 Å². The molecule has 0 aliphatic rings. The molecule has 0 spiro atoms. The molecule has 0 heterocycles. The van der Waals surface area contributed by atoms with Crippen LogP contribution in [0.5, 0.6) is 0 Å². The molecule has 1 amide bonds. The lowest BCUT2D eigenvalue weighted by molar-refractivity contribution is 0.0110. The maximum absolute atomic E-state index is 11.5. The summed E-state index contributed by atoms with van der Waals surface area (Å²) in [5, 5.41) is 0. The molecule has 0 fully saturated rings. The van der Waals surface area contributed by atoms with Crippen molar-refractivity contribution in [2.45, 2.75) is 39.3 Å². The van der Waals surface area contributed by atoms with Crippen molar-refractivity contribution in [1.29, 1.82) is 0 Å². The first-order chi connectivity index (χ1) is 6.28. The number of hydrogen-bond acceptors (Lipinski definition) is 4. The summed E-state index contributed by atoms with van der Waals surface area (Å²) in [7, 11) is 1.65. The van der Waals surface area contributed by atoms with E-state index in [2.05, 4.69) is 4.84 Å². The third-order valence-corrected chi connectivity index (χ3v) is 1.68. The van der Waals surface area contributed by atoms with Gasteiger partial charge < -0.3 is 14.5 Å². The van der Waals surface area contributed by atoms with E-state index in [1.54, 1.807) is 7.05 Å². The molecule has 5 nitrogen and oxygen atoms in total. The minimum atomic E-state index is -0.478. The first-order valence-electron chi connectivity index (χ1n) is 4.55. The Balaban J connectivity index is 4.12. The van der Waals surface area contributed by atoms with Gasteiger partial charge in [0, 0.05) is 7.05 Å². The number of ether oxygens (including phenoxy) is 1. The van der Waals surface area contributed by atoms with Gasteiger partial charge in [0.05, 0.1) is 12.6 Å². The molecular weight excluding hydrogens is 184 g/mol. The highest BCUT2D eigenvalue weighted by Gasteiger charge is 2.22. The summed E-state index contributed by atoms with van der Waals surface area (Å²) >= 11 is 0. The molecule has 14 heavy (non-hydrogen) atoms. The molecule has 1 unspecified atom stereocenters. The second-order valence-electron chi connectivity index (χ2n) is 4.27. The molecule has 84 valence electrons. The number of nitrogens with zero attached hydrogens (tertiary/aromatic N) is 1. The van der Waals surface area contributed by atoms with Crippen molar-refractivity contribution in [3.8, 4) is 0 Å². The van der Waals surface area contributed by atoms with Crippen LogP contribution in [0.25, 0.3) is 0 Å². The molecule has 0 aromatic rings. The topological polar surface area (TPSA) is 64.8 Å². The summed E-state index contributed by atoms with van der Waals surface area (Å²) in [6.07, 6.45) is -0.373. The van der Waals surface area contributed by atoms with Crippen molar-refractivity contribution >= 4 is 6.09 Å². The Kier molecular flexibility index (Phi) is 4.87. The van der Waals surface area contributed by atoms with E-state index >= 15 is 0 Å². The average molecular weight is 204 g/mol. The molecule has 0 aromatic carbocycles. The van der Waals surface area contributed by atoms with E-state index in [1.807, 2.05) is 27.7 Å². The third-order valence-electron chi connectivity index (χ3n) is 1.68. The van der Waals surface area contributed by atoms with Crippen LogP contribution in [0.15, 0.2) is 0 Å². The summed E-state index contributed by atoms with van der Waals surface area (Å²) in [6.45, 7) is 7.58. The van der Waals surface area contributed by atoms with E-state index in [9.17, 15) is 4.79 Å². The molecule has 0 radical (unpaired) electrons. The van der Waals surface area contributed by atoms with Crippen molar-refractivity contribution in [2.75, 3.05) is 13.7 Å². The van der Waals surface area contributed by atoms with Crippen molar-refractivity contribution in [2.24, 2.45) is 5.90 Å². The first-order valence-corrected chi connectivity index (χ1v) is 4.55. The maximum atomic E-state index is 11.5. The Morgan fingerprint density at radius 1 is 1.50 bits per heavy atom. The minimum absolute atomic E-state index is 0.102. The zero-order valence-corrected chi connectivity index (χ0v) is 9.53. The van der Waals surface area contributed by atoms with Gasteiger partial charge in [-0.15, -0.1) is 0 Å². The first kappa shape index (κ1) is 13.2.